The van der Waals surface area contributed by atoms with Crippen molar-refractivity contribution in [2.45, 2.75) is 19.0 Å². The molecule has 138 valence electrons. The first kappa shape index (κ1) is 19.1. The third-order valence-electron chi connectivity index (χ3n) is 4.55. The first-order chi connectivity index (χ1) is 13.2. The van der Waals surface area contributed by atoms with Gasteiger partial charge in [0.05, 0.1) is 6.61 Å². The lowest BCUT2D eigenvalue weighted by Crippen LogP contribution is -2.34. The molecule has 0 aliphatic heterocycles. The van der Waals surface area contributed by atoms with Gasteiger partial charge in [0.1, 0.15) is 5.66 Å². The highest BCUT2D eigenvalue weighted by molar-refractivity contribution is 7.80. The molecule has 0 fully saturated rings. The highest BCUT2D eigenvalue weighted by Crippen LogP contribution is 2.50. The molecule has 0 spiro atoms. The van der Waals surface area contributed by atoms with Crippen LogP contribution < -0.4 is 10.6 Å². The largest absolute Gasteiger partial charge is 0.465 e. The summed E-state index contributed by atoms with van der Waals surface area (Å²) in [5, 5.41) is 1.34. The van der Waals surface area contributed by atoms with Crippen molar-refractivity contribution in [3.63, 3.8) is 0 Å². The van der Waals surface area contributed by atoms with E-state index in [0.29, 0.717) is 17.0 Å². The summed E-state index contributed by atoms with van der Waals surface area (Å²) in [7, 11) is -3.26. The molecule has 0 aliphatic carbocycles. The highest BCUT2D eigenvalue weighted by atomic mass is 31.2. The van der Waals surface area contributed by atoms with Crippen LogP contribution in [0, 0.1) is 0 Å². The summed E-state index contributed by atoms with van der Waals surface area (Å²) in [5.74, 6) is -0.419. The Bertz CT molecular complexity index is 865. The summed E-state index contributed by atoms with van der Waals surface area (Å²) >= 11 is 0. The van der Waals surface area contributed by atoms with E-state index in [2.05, 4.69) is 0 Å². The van der Waals surface area contributed by atoms with Gasteiger partial charge in [0.25, 0.3) is 0 Å². The van der Waals surface area contributed by atoms with Gasteiger partial charge in [-0.2, -0.15) is 0 Å². The second-order valence-electron chi connectivity index (χ2n) is 6.29. The minimum Gasteiger partial charge on any atom is -0.465 e. The molecule has 3 nitrogen and oxygen atoms in total. The zero-order valence-corrected chi connectivity index (χ0v) is 16.2. The molecule has 0 heterocycles. The van der Waals surface area contributed by atoms with Gasteiger partial charge in [-0.05, 0) is 18.9 Å². The number of esters is 1. The molecule has 0 radical (unpaired) electrons. The number of ether oxygens (including phenoxy) is 1. The van der Waals surface area contributed by atoms with Crippen LogP contribution in [0.25, 0.3) is 0 Å². The van der Waals surface area contributed by atoms with E-state index in [1.807, 2.05) is 91.0 Å². The fraction of sp³-hybridized carbons (Fsp3) is 0.174. The van der Waals surface area contributed by atoms with Crippen molar-refractivity contribution in [1.82, 2.24) is 0 Å². The molecule has 4 heteroatoms. The van der Waals surface area contributed by atoms with Crippen LogP contribution in [0.5, 0.6) is 0 Å². The SMILES string of the molecule is CCOC(=O)C(Cc1ccccc1)P(=O)(c1ccccc1)c1ccccc1. The molecule has 3 rings (SSSR count). The van der Waals surface area contributed by atoms with E-state index in [1.165, 1.54) is 0 Å². The average Bonchev–Trinajstić information content (AvgIpc) is 2.73. The van der Waals surface area contributed by atoms with Gasteiger partial charge in [0, 0.05) is 10.6 Å². The lowest BCUT2D eigenvalue weighted by atomic mass is 10.1. The number of hydrogen-bond donors (Lipinski definition) is 0. The third kappa shape index (κ3) is 4.20. The first-order valence-electron chi connectivity index (χ1n) is 9.07. The maximum absolute atomic E-state index is 14.5. The van der Waals surface area contributed by atoms with Crippen LogP contribution in [-0.2, 0) is 20.5 Å². The first-order valence-corrected chi connectivity index (χ1v) is 10.9. The summed E-state index contributed by atoms with van der Waals surface area (Å²) in [6, 6.07) is 28.2. The van der Waals surface area contributed by atoms with Crippen molar-refractivity contribution in [3.05, 3.63) is 96.6 Å². The van der Waals surface area contributed by atoms with E-state index in [1.54, 1.807) is 6.92 Å². The molecule has 0 bridgehead atoms. The van der Waals surface area contributed by atoms with Crippen molar-refractivity contribution < 1.29 is 14.1 Å². The van der Waals surface area contributed by atoms with Gasteiger partial charge in [0.15, 0.2) is 7.14 Å². The molecule has 3 aromatic carbocycles. The predicted octanol–water partition coefficient (Wildman–Crippen LogP) is 4.17. The van der Waals surface area contributed by atoms with Crippen molar-refractivity contribution in [2.75, 3.05) is 6.61 Å². The maximum Gasteiger partial charge on any atom is 0.317 e. The smallest absolute Gasteiger partial charge is 0.317 e. The zero-order valence-electron chi connectivity index (χ0n) is 15.3. The van der Waals surface area contributed by atoms with E-state index in [-0.39, 0.29) is 6.61 Å². The summed E-state index contributed by atoms with van der Waals surface area (Å²) in [6.45, 7) is 2.03. The predicted molar refractivity (Wildman–Crippen MR) is 110 cm³/mol. The van der Waals surface area contributed by atoms with Crippen LogP contribution >= 0.6 is 7.14 Å². The molecule has 27 heavy (non-hydrogen) atoms. The Labute approximate surface area is 160 Å². The quantitative estimate of drug-likeness (QED) is 0.458. The number of carbonyl (C=O) groups is 1. The second kappa shape index (κ2) is 8.83. The van der Waals surface area contributed by atoms with Crippen LogP contribution in [0.4, 0.5) is 0 Å². The molecule has 3 aromatic rings. The van der Waals surface area contributed by atoms with Gasteiger partial charge >= 0.3 is 5.97 Å². The van der Waals surface area contributed by atoms with Crippen LogP contribution in [-0.4, -0.2) is 18.2 Å². The van der Waals surface area contributed by atoms with Gasteiger partial charge in [-0.15, -0.1) is 0 Å². The summed E-state index contributed by atoms with van der Waals surface area (Å²) in [5.41, 5.74) is 0.187. The Morgan fingerprint density at radius 1 is 0.815 bits per heavy atom. The Morgan fingerprint density at radius 3 is 1.70 bits per heavy atom. The van der Waals surface area contributed by atoms with Gasteiger partial charge in [0.2, 0.25) is 0 Å². The summed E-state index contributed by atoms with van der Waals surface area (Å²) in [4.78, 5) is 12.9. The molecule has 1 atom stereocenters. The number of carbonyl (C=O) groups excluding carboxylic acids is 1. The van der Waals surface area contributed by atoms with E-state index in [9.17, 15) is 9.36 Å². The van der Waals surface area contributed by atoms with Gasteiger partial charge in [-0.3, -0.25) is 4.79 Å². The van der Waals surface area contributed by atoms with Crippen LogP contribution in [0.15, 0.2) is 91.0 Å². The minimum absolute atomic E-state index is 0.258. The van der Waals surface area contributed by atoms with E-state index >= 15 is 0 Å². The molecule has 1 unspecified atom stereocenters. The maximum atomic E-state index is 14.5. The lowest BCUT2D eigenvalue weighted by molar-refractivity contribution is -0.142. The van der Waals surface area contributed by atoms with Gasteiger partial charge in [-0.25, -0.2) is 0 Å². The molecule has 0 aliphatic rings. The zero-order chi connectivity index (χ0) is 19.1. The van der Waals surface area contributed by atoms with Crippen molar-refractivity contribution in [3.8, 4) is 0 Å². The number of benzene rings is 3. The third-order valence-corrected chi connectivity index (χ3v) is 7.95. The van der Waals surface area contributed by atoms with Crippen molar-refractivity contribution in [2.24, 2.45) is 0 Å². The Balaban J connectivity index is 2.16. The van der Waals surface area contributed by atoms with E-state index < -0.39 is 18.8 Å². The Morgan fingerprint density at radius 2 is 1.26 bits per heavy atom. The van der Waals surface area contributed by atoms with E-state index in [4.69, 9.17) is 4.74 Å². The topological polar surface area (TPSA) is 43.4 Å². The van der Waals surface area contributed by atoms with Crippen LogP contribution in [0.2, 0.25) is 0 Å². The van der Waals surface area contributed by atoms with Crippen molar-refractivity contribution in [1.29, 1.82) is 0 Å². The minimum atomic E-state index is -3.26. The monoisotopic (exact) mass is 378 g/mol. The summed E-state index contributed by atoms with van der Waals surface area (Å²) < 4.78 is 19.9. The fourth-order valence-electron chi connectivity index (χ4n) is 3.24. The molecule has 0 N–H and O–H groups in total. The molecular weight excluding hydrogens is 355 g/mol. The normalized spacial score (nSPS) is 12.3. The molecular formula is C23H23O3P. The number of hydrogen-bond acceptors (Lipinski definition) is 3. The molecule has 0 saturated heterocycles. The average molecular weight is 378 g/mol. The highest BCUT2D eigenvalue weighted by Gasteiger charge is 2.42. The molecule has 0 saturated carbocycles. The van der Waals surface area contributed by atoms with Gasteiger partial charge < -0.3 is 9.30 Å². The number of rotatable bonds is 7. The standard InChI is InChI=1S/C23H23O3P/c1-2-26-23(24)22(18-19-12-6-3-7-13-19)27(25,20-14-8-4-9-15-20)21-16-10-5-11-17-21/h3-17,22H,2,18H2,1H3. The molecule has 0 amide bonds. The Kier molecular flexibility index (Phi) is 6.26. The second-order valence-corrected chi connectivity index (χ2v) is 9.26. The fourth-order valence-corrected chi connectivity index (χ4v) is 6.33. The Hall–Kier alpha value is -2.64. The molecule has 0 aromatic heterocycles. The lowest BCUT2D eigenvalue weighted by Gasteiger charge is -2.27. The van der Waals surface area contributed by atoms with Crippen LogP contribution in [0.1, 0.15) is 12.5 Å². The summed E-state index contributed by atoms with van der Waals surface area (Å²) in [6.07, 6.45) is 0.362. The van der Waals surface area contributed by atoms with Crippen LogP contribution in [0.3, 0.4) is 0 Å². The van der Waals surface area contributed by atoms with E-state index in [0.717, 1.165) is 5.56 Å². The van der Waals surface area contributed by atoms with Gasteiger partial charge in [-0.1, -0.05) is 91.0 Å². The van der Waals surface area contributed by atoms with Crippen molar-refractivity contribution >= 4 is 23.7 Å².